The average molecular weight is 482 g/mol. The Morgan fingerprint density at radius 3 is 2.32 bits per heavy atom. The molecule has 0 aliphatic carbocycles. The molecule has 3 aromatic rings. The predicted octanol–water partition coefficient (Wildman–Crippen LogP) is 5.31. The fraction of sp³-hybridized carbons (Fsp3) is 0.231. The summed E-state index contributed by atoms with van der Waals surface area (Å²) in [6.45, 7) is 0.878. The molecule has 1 heterocycles. The minimum absolute atomic E-state index is 0.139. The van der Waals surface area contributed by atoms with Gasteiger partial charge in [0.1, 0.15) is 11.6 Å². The van der Waals surface area contributed by atoms with Crippen LogP contribution in [0.1, 0.15) is 28.3 Å². The Labute approximate surface area is 202 Å². The van der Waals surface area contributed by atoms with Crippen LogP contribution in [-0.2, 0) is 0 Å². The third-order valence-electron chi connectivity index (χ3n) is 5.95. The van der Waals surface area contributed by atoms with Crippen molar-refractivity contribution >= 4 is 29.2 Å². The van der Waals surface area contributed by atoms with Crippen molar-refractivity contribution < 1.29 is 18.7 Å². The van der Waals surface area contributed by atoms with Gasteiger partial charge >= 0.3 is 6.03 Å². The second-order valence-electron chi connectivity index (χ2n) is 8.14. The molecule has 1 fully saturated rings. The first-order valence-electron chi connectivity index (χ1n) is 10.9. The van der Waals surface area contributed by atoms with Crippen molar-refractivity contribution in [1.82, 2.24) is 10.2 Å². The number of anilines is 1. The van der Waals surface area contributed by atoms with Gasteiger partial charge in [-0.25, -0.2) is 9.18 Å². The van der Waals surface area contributed by atoms with Gasteiger partial charge in [0.15, 0.2) is 0 Å². The molecule has 1 aliphatic rings. The van der Waals surface area contributed by atoms with Gasteiger partial charge in [0.05, 0.1) is 7.11 Å². The topological polar surface area (TPSA) is 70.7 Å². The van der Waals surface area contributed by atoms with Crippen LogP contribution in [0.15, 0.2) is 72.8 Å². The molecule has 3 amide bonds. The molecule has 4 rings (SSSR count). The van der Waals surface area contributed by atoms with Crippen molar-refractivity contribution in [2.45, 2.75) is 18.4 Å². The molecular formula is C26H25ClFN3O3. The highest BCUT2D eigenvalue weighted by Crippen LogP contribution is 2.30. The van der Waals surface area contributed by atoms with Crippen LogP contribution in [0.5, 0.6) is 5.75 Å². The van der Waals surface area contributed by atoms with E-state index in [2.05, 4.69) is 10.6 Å². The highest BCUT2D eigenvalue weighted by atomic mass is 35.5. The SMILES string of the molecule is COc1ccc(C2CN(C(=O)c3ccc(F)cc3)CCC2NC(=O)Nc2ccc(Cl)cc2)cc1. The van der Waals surface area contributed by atoms with E-state index in [0.29, 0.717) is 35.8 Å². The number of hydrogen-bond donors (Lipinski definition) is 2. The van der Waals surface area contributed by atoms with Crippen molar-refractivity contribution in [2.75, 3.05) is 25.5 Å². The molecule has 6 nitrogen and oxygen atoms in total. The molecule has 0 bridgehead atoms. The third-order valence-corrected chi connectivity index (χ3v) is 6.21. The summed E-state index contributed by atoms with van der Waals surface area (Å²) in [5.41, 5.74) is 2.04. The van der Waals surface area contributed by atoms with E-state index in [4.69, 9.17) is 16.3 Å². The molecule has 8 heteroatoms. The number of carbonyl (C=O) groups excluding carboxylic acids is 2. The number of piperidine rings is 1. The van der Waals surface area contributed by atoms with Gasteiger partial charge in [-0.1, -0.05) is 23.7 Å². The van der Waals surface area contributed by atoms with Crippen LogP contribution in [0.3, 0.4) is 0 Å². The minimum atomic E-state index is -0.387. The number of urea groups is 1. The zero-order valence-corrected chi connectivity index (χ0v) is 19.4. The molecule has 0 radical (unpaired) electrons. The van der Waals surface area contributed by atoms with Gasteiger partial charge in [-0.15, -0.1) is 0 Å². The maximum absolute atomic E-state index is 13.3. The van der Waals surface area contributed by atoms with Crippen LogP contribution < -0.4 is 15.4 Å². The highest BCUT2D eigenvalue weighted by Gasteiger charge is 2.34. The van der Waals surface area contributed by atoms with Crippen LogP contribution in [0, 0.1) is 5.82 Å². The minimum Gasteiger partial charge on any atom is -0.497 e. The van der Waals surface area contributed by atoms with E-state index in [1.54, 1.807) is 36.3 Å². The van der Waals surface area contributed by atoms with E-state index in [1.165, 1.54) is 24.3 Å². The Kier molecular flexibility index (Phi) is 7.33. The Morgan fingerprint density at radius 1 is 1.00 bits per heavy atom. The number of ether oxygens (including phenoxy) is 1. The Hall–Kier alpha value is -3.58. The quantitative estimate of drug-likeness (QED) is 0.519. The number of benzene rings is 3. The average Bonchev–Trinajstić information content (AvgIpc) is 2.86. The molecule has 0 saturated carbocycles. The normalized spacial score (nSPS) is 17.7. The van der Waals surface area contributed by atoms with Gasteiger partial charge in [0.2, 0.25) is 0 Å². The fourth-order valence-corrected chi connectivity index (χ4v) is 4.27. The number of nitrogens with zero attached hydrogens (tertiary/aromatic N) is 1. The Balaban J connectivity index is 1.51. The highest BCUT2D eigenvalue weighted by molar-refractivity contribution is 6.30. The third kappa shape index (κ3) is 5.66. The van der Waals surface area contributed by atoms with E-state index in [-0.39, 0.29) is 29.7 Å². The number of likely N-dealkylation sites (tertiary alicyclic amines) is 1. The first-order valence-corrected chi connectivity index (χ1v) is 11.3. The van der Waals surface area contributed by atoms with Gasteiger partial charge in [0, 0.05) is 41.3 Å². The van der Waals surface area contributed by atoms with E-state index in [1.807, 2.05) is 24.3 Å². The lowest BCUT2D eigenvalue weighted by Crippen LogP contribution is -2.52. The Bertz CT molecular complexity index is 1140. The van der Waals surface area contributed by atoms with Crippen molar-refractivity contribution in [3.05, 3.63) is 94.8 Å². The number of methoxy groups -OCH3 is 1. The summed E-state index contributed by atoms with van der Waals surface area (Å²) in [5, 5.41) is 6.48. The molecule has 0 spiro atoms. The second-order valence-corrected chi connectivity index (χ2v) is 8.57. The van der Waals surface area contributed by atoms with Gasteiger partial charge in [-0.05, 0) is 72.6 Å². The van der Waals surface area contributed by atoms with Crippen LogP contribution in [0.4, 0.5) is 14.9 Å². The van der Waals surface area contributed by atoms with Crippen LogP contribution >= 0.6 is 11.6 Å². The zero-order valence-electron chi connectivity index (χ0n) is 18.6. The fourth-order valence-electron chi connectivity index (χ4n) is 4.14. The number of hydrogen-bond acceptors (Lipinski definition) is 3. The maximum atomic E-state index is 13.3. The first-order chi connectivity index (χ1) is 16.4. The molecule has 2 N–H and O–H groups in total. The number of carbonyl (C=O) groups is 2. The van der Waals surface area contributed by atoms with Gasteiger partial charge < -0.3 is 20.3 Å². The standard InChI is InChI=1S/C26H25ClFN3O3/c1-34-22-12-4-17(5-13-22)23-16-31(25(32)18-2-8-20(28)9-3-18)15-14-24(23)30-26(33)29-21-10-6-19(27)7-11-21/h2-13,23-24H,14-16H2,1H3,(H2,29,30,33). The van der Waals surface area contributed by atoms with Crippen molar-refractivity contribution in [3.63, 3.8) is 0 Å². The largest absolute Gasteiger partial charge is 0.497 e. The van der Waals surface area contributed by atoms with Crippen LogP contribution in [-0.4, -0.2) is 43.1 Å². The molecule has 176 valence electrons. The van der Waals surface area contributed by atoms with Gasteiger partial charge in [0.25, 0.3) is 5.91 Å². The summed E-state index contributed by atoms with van der Waals surface area (Å²) in [6, 6.07) is 19.5. The molecule has 1 aliphatic heterocycles. The number of halogens is 2. The lowest BCUT2D eigenvalue weighted by molar-refractivity contribution is 0.0685. The first kappa shape index (κ1) is 23.6. The summed E-state index contributed by atoms with van der Waals surface area (Å²) >= 11 is 5.92. The molecular weight excluding hydrogens is 457 g/mol. The zero-order chi connectivity index (χ0) is 24.1. The lowest BCUT2D eigenvalue weighted by Gasteiger charge is -2.39. The van der Waals surface area contributed by atoms with Crippen LogP contribution in [0.25, 0.3) is 0 Å². The summed E-state index contributed by atoms with van der Waals surface area (Å²) in [7, 11) is 1.60. The van der Waals surface area contributed by atoms with Crippen molar-refractivity contribution in [2.24, 2.45) is 0 Å². The Morgan fingerprint density at radius 2 is 1.68 bits per heavy atom. The number of rotatable bonds is 5. The van der Waals surface area contributed by atoms with E-state index >= 15 is 0 Å². The molecule has 34 heavy (non-hydrogen) atoms. The second kappa shape index (κ2) is 10.6. The monoisotopic (exact) mass is 481 g/mol. The summed E-state index contributed by atoms with van der Waals surface area (Å²) in [6.07, 6.45) is 0.567. The van der Waals surface area contributed by atoms with Crippen LogP contribution in [0.2, 0.25) is 5.02 Å². The predicted molar refractivity (Wildman–Crippen MR) is 130 cm³/mol. The van der Waals surface area contributed by atoms with E-state index in [9.17, 15) is 14.0 Å². The van der Waals surface area contributed by atoms with Gasteiger partial charge in [-0.2, -0.15) is 0 Å². The maximum Gasteiger partial charge on any atom is 0.319 e. The van der Waals surface area contributed by atoms with E-state index < -0.39 is 0 Å². The smallest absolute Gasteiger partial charge is 0.319 e. The number of nitrogens with one attached hydrogen (secondary N) is 2. The lowest BCUT2D eigenvalue weighted by atomic mass is 9.85. The molecule has 1 saturated heterocycles. The molecule has 2 atom stereocenters. The number of amides is 3. The summed E-state index contributed by atoms with van der Waals surface area (Å²) < 4.78 is 18.6. The van der Waals surface area contributed by atoms with Crippen molar-refractivity contribution in [1.29, 1.82) is 0 Å². The summed E-state index contributed by atoms with van der Waals surface area (Å²) in [4.78, 5) is 27.5. The summed E-state index contributed by atoms with van der Waals surface area (Å²) in [5.74, 6) is 0.0358. The molecule has 2 unspecified atom stereocenters. The van der Waals surface area contributed by atoms with Crippen molar-refractivity contribution in [3.8, 4) is 5.75 Å². The van der Waals surface area contributed by atoms with E-state index in [0.717, 1.165) is 11.3 Å². The molecule has 3 aromatic carbocycles. The molecule has 0 aromatic heterocycles. The van der Waals surface area contributed by atoms with Gasteiger partial charge in [-0.3, -0.25) is 4.79 Å².